The van der Waals surface area contributed by atoms with E-state index in [1.165, 1.54) is 29.9 Å². The fraction of sp³-hybridized carbons (Fsp3) is 0.769. The molecular formula is C13H23N3O3S. The lowest BCUT2D eigenvalue weighted by atomic mass is 9.83. The van der Waals surface area contributed by atoms with Gasteiger partial charge in [-0.2, -0.15) is 5.10 Å². The van der Waals surface area contributed by atoms with Gasteiger partial charge in [0.1, 0.15) is 4.90 Å². The number of nitrogens with zero attached hydrogens (tertiary/aromatic N) is 2. The molecule has 0 aromatic carbocycles. The van der Waals surface area contributed by atoms with Crippen LogP contribution in [0.3, 0.4) is 0 Å². The minimum Gasteiger partial charge on any atom is -0.394 e. The van der Waals surface area contributed by atoms with Crippen molar-refractivity contribution in [2.75, 3.05) is 13.2 Å². The Hall–Kier alpha value is -0.920. The van der Waals surface area contributed by atoms with Gasteiger partial charge < -0.3 is 5.11 Å². The Morgan fingerprint density at radius 3 is 2.75 bits per heavy atom. The number of aliphatic hydroxyl groups is 1. The van der Waals surface area contributed by atoms with Crippen LogP contribution in [-0.4, -0.2) is 36.5 Å². The van der Waals surface area contributed by atoms with Crippen molar-refractivity contribution in [2.45, 2.75) is 44.0 Å². The van der Waals surface area contributed by atoms with Gasteiger partial charge in [-0.3, -0.25) is 4.68 Å². The molecule has 1 fully saturated rings. The summed E-state index contributed by atoms with van der Waals surface area (Å²) < 4.78 is 28.4. The average molecular weight is 301 g/mol. The average Bonchev–Trinajstić information content (AvgIpc) is 2.88. The summed E-state index contributed by atoms with van der Waals surface area (Å²) in [5, 5.41) is 12.7. The topological polar surface area (TPSA) is 84.2 Å². The number of aromatic nitrogens is 2. The number of aliphatic hydroxyl groups excluding tert-OH is 1. The molecule has 20 heavy (non-hydrogen) atoms. The molecule has 1 aliphatic carbocycles. The second-order valence-electron chi connectivity index (χ2n) is 5.64. The highest BCUT2D eigenvalue weighted by Gasteiger charge is 2.22. The highest BCUT2D eigenvalue weighted by atomic mass is 32.2. The molecule has 0 radical (unpaired) electrons. The first-order valence-corrected chi connectivity index (χ1v) is 8.62. The van der Waals surface area contributed by atoms with E-state index in [0.717, 1.165) is 18.8 Å². The Kier molecular flexibility index (Phi) is 5.17. The van der Waals surface area contributed by atoms with Gasteiger partial charge in [0.25, 0.3) is 0 Å². The molecule has 1 aliphatic rings. The Morgan fingerprint density at radius 1 is 1.40 bits per heavy atom. The van der Waals surface area contributed by atoms with Crippen LogP contribution >= 0.6 is 0 Å². The number of rotatable bonds is 6. The molecule has 0 atom stereocenters. The van der Waals surface area contributed by atoms with Crippen LogP contribution in [0.1, 0.15) is 32.6 Å². The zero-order valence-electron chi connectivity index (χ0n) is 11.8. The molecule has 0 spiro atoms. The third kappa shape index (κ3) is 4.04. The number of nitrogens with one attached hydrogen (secondary N) is 1. The molecule has 1 aromatic heterocycles. The van der Waals surface area contributed by atoms with Crippen LogP contribution in [0.25, 0.3) is 0 Å². The van der Waals surface area contributed by atoms with E-state index in [0.29, 0.717) is 19.0 Å². The van der Waals surface area contributed by atoms with Gasteiger partial charge >= 0.3 is 0 Å². The first-order valence-electron chi connectivity index (χ1n) is 7.14. The van der Waals surface area contributed by atoms with Crippen molar-refractivity contribution in [3.8, 4) is 0 Å². The van der Waals surface area contributed by atoms with Gasteiger partial charge in [0.2, 0.25) is 10.0 Å². The van der Waals surface area contributed by atoms with Gasteiger partial charge in [-0.15, -0.1) is 0 Å². The number of hydrogen-bond donors (Lipinski definition) is 2. The second-order valence-corrected chi connectivity index (χ2v) is 7.41. The van der Waals surface area contributed by atoms with E-state index in [9.17, 15) is 8.42 Å². The predicted octanol–water partition coefficient (Wildman–Crippen LogP) is 0.980. The van der Waals surface area contributed by atoms with Crippen LogP contribution in [0, 0.1) is 11.8 Å². The highest BCUT2D eigenvalue weighted by molar-refractivity contribution is 7.89. The third-order valence-electron chi connectivity index (χ3n) is 3.95. The minimum absolute atomic E-state index is 0.0607. The molecule has 1 saturated carbocycles. The molecule has 0 bridgehead atoms. The Morgan fingerprint density at radius 2 is 2.10 bits per heavy atom. The lowest BCUT2D eigenvalue weighted by Crippen LogP contribution is -2.31. The normalized spacial score (nSPS) is 23.9. The number of sulfonamides is 1. The Balaban J connectivity index is 1.90. The quantitative estimate of drug-likeness (QED) is 0.820. The summed E-state index contributed by atoms with van der Waals surface area (Å²) in [4.78, 5) is 0.162. The molecule has 2 N–H and O–H groups in total. The Labute approximate surface area is 120 Å². The van der Waals surface area contributed by atoms with Crippen molar-refractivity contribution in [3.63, 3.8) is 0 Å². The third-order valence-corrected chi connectivity index (χ3v) is 5.32. The molecule has 0 amide bonds. The molecule has 114 valence electrons. The van der Waals surface area contributed by atoms with Gasteiger partial charge in [0.05, 0.1) is 19.3 Å². The summed E-state index contributed by atoms with van der Waals surface area (Å²) in [6, 6.07) is 0. The van der Waals surface area contributed by atoms with E-state index in [2.05, 4.69) is 16.7 Å². The van der Waals surface area contributed by atoms with Crippen LogP contribution in [0.5, 0.6) is 0 Å². The fourth-order valence-electron chi connectivity index (χ4n) is 2.55. The molecule has 1 aromatic rings. The van der Waals surface area contributed by atoms with Gasteiger partial charge in [0, 0.05) is 12.7 Å². The molecule has 1 heterocycles. The standard InChI is InChI=1S/C13H23N3O3S/c1-11-2-4-12(5-3-11)8-15-20(18,19)13-9-14-16(10-13)6-7-17/h9-12,15,17H,2-8H2,1H3. The molecular weight excluding hydrogens is 278 g/mol. The molecule has 6 nitrogen and oxygen atoms in total. The van der Waals surface area contributed by atoms with Gasteiger partial charge in [0.15, 0.2) is 0 Å². The maximum atomic E-state index is 12.1. The first kappa shape index (κ1) is 15.5. The summed E-state index contributed by atoms with van der Waals surface area (Å²) >= 11 is 0. The zero-order chi connectivity index (χ0) is 14.6. The van der Waals surface area contributed by atoms with E-state index >= 15 is 0 Å². The van der Waals surface area contributed by atoms with Crippen molar-refractivity contribution >= 4 is 10.0 Å². The van der Waals surface area contributed by atoms with Crippen LogP contribution < -0.4 is 4.72 Å². The second kappa shape index (κ2) is 6.69. The lowest BCUT2D eigenvalue weighted by molar-refractivity contribution is 0.269. The van der Waals surface area contributed by atoms with E-state index in [1.54, 1.807) is 0 Å². The maximum Gasteiger partial charge on any atom is 0.243 e. The van der Waals surface area contributed by atoms with Crippen molar-refractivity contribution in [2.24, 2.45) is 11.8 Å². The van der Waals surface area contributed by atoms with Crippen molar-refractivity contribution < 1.29 is 13.5 Å². The Bertz CT molecular complexity index is 519. The van der Waals surface area contributed by atoms with Crippen LogP contribution in [0.2, 0.25) is 0 Å². The SMILES string of the molecule is CC1CCC(CNS(=O)(=O)c2cnn(CCO)c2)CC1. The van der Waals surface area contributed by atoms with Crippen LogP contribution in [0.4, 0.5) is 0 Å². The smallest absolute Gasteiger partial charge is 0.243 e. The molecule has 0 unspecified atom stereocenters. The summed E-state index contributed by atoms with van der Waals surface area (Å²) in [6.45, 7) is 2.99. The van der Waals surface area contributed by atoms with Crippen molar-refractivity contribution in [3.05, 3.63) is 12.4 Å². The summed E-state index contributed by atoms with van der Waals surface area (Å²) in [5.74, 6) is 1.20. The lowest BCUT2D eigenvalue weighted by Gasteiger charge is -2.26. The fourth-order valence-corrected chi connectivity index (χ4v) is 3.62. The summed E-state index contributed by atoms with van der Waals surface area (Å²) in [7, 11) is -3.49. The maximum absolute atomic E-state index is 12.1. The predicted molar refractivity (Wildman–Crippen MR) is 75.6 cm³/mol. The first-order chi connectivity index (χ1) is 9.51. The van der Waals surface area contributed by atoms with Crippen molar-refractivity contribution in [1.82, 2.24) is 14.5 Å². The minimum atomic E-state index is -3.49. The van der Waals surface area contributed by atoms with Gasteiger partial charge in [-0.1, -0.05) is 19.8 Å². The van der Waals surface area contributed by atoms with Gasteiger partial charge in [-0.05, 0) is 24.7 Å². The summed E-state index contributed by atoms with van der Waals surface area (Å²) in [5.41, 5.74) is 0. The van der Waals surface area contributed by atoms with E-state index < -0.39 is 10.0 Å². The zero-order valence-corrected chi connectivity index (χ0v) is 12.6. The summed E-state index contributed by atoms with van der Waals surface area (Å²) in [6.07, 6.45) is 7.31. The van der Waals surface area contributed by atoms with Crippen LogP contribution in [0.15, 0.2) is 17.3 Å². The molecule has 0 aliphatic heterocycles. The number of hydrogen-bond acceptors (Lipinski definition) is 4. The van der Waals surface area contributed by atoms with E-state index in [4.69, 9.17) is 5.11 Å². The van der Waals surface area contributed by atoms with Crippen LogP contribution in [-0.2, 0) is 16.6 Å². The van der Waals surface area contributed by atoms with Crippen molar-refractivity contribution in [1.29, 1.82) is 0 Å². The van der Waals surface area contributed by atoms with E-state index in [-0.39, 0.29) is 11.5 Å². The van der Waals surface area contributed by atoms with Gasteiger partial charge in [-0.25, -0.2) is 13.1 Å². The monoisotopic (exact) mass is 301 g/mol. The highest BCUT2D eigenvalue weighted by Crippen LogP contribution is 2.27. The molecule has 2 rings (SSSR count). The largest absolute Gasteiger partial charge is 0.394 e. The molecule has 0 saturated heterocycles. The van der Waals surface area contributed by atoms with E-state index in [1.807, 2.05) is 0 Å². The molecule has 7 heteroatoms.